The number of amides is 2. The average Bonchev–Trinajstić information content (AvgIpc) is 2.37. The molecule has 0 aromatic heterocycles. The van der Waals surface area contributed by atoms with Crippen molar-refractivity contribution < 1.29 is 19.4 Å². The van der Waals surface area contributed by atoms with Crippen molar-refractivity contribution in [3.05, 3.63) is 0 Å². The number of carboxylic acid groups (broad SMARTS) is 1. The molecule has 1 unspecified atom stereocenters. The van der Waals surface area contributed by atoms with Gasteiger partial charge in [0.2, 0.25) is 0 Å². The molecule has 2 N–H and O–H groups in total. The predicted octanol–water partition coefficient (Wildman–Crippen LogP) is 1.17. The highest BCUT2D eigenvalue weighted by atomic mass is 16.5. The van der Waals surface area contributed by atoms with Gasteiger partial charge in [-0.1, -0.05) is 13.8 Å². The first-order chi connectivity index (χ1) is 9.00. The SMILES string of the molecule is CC(C)COCCNC(=O)N1CCCC(C(=O)O)C1. The van der Waals surface area contributed by atoms with Gasteiger partial charge in [-0.05, 0) is 18.8 Å². The normalized spacial score (nSPS) is 19.5. The molecule has 0 aliphatic carbocycles. The Labute approximate surface area is 114 Å². The van der Waals surface area contributed by atoms with E-state index in [1.165, 1.54) is 0 Å². The number of aliphatic carboxylic acids is 1. The Balaban J connectivity index is 2.20. The highest BCUT2D eigenvalue weighted by molar-refractivity contribution is 5.76. The standard InChI is InChI=1S/C13H24N2O4/c1-10(2)9-19-7-5-14-13(18)15-6-3-4-11(8-15)12(16)17/h10-11H,3-9H2,1-2H3,(H,14,18)(H,16,17). The molecular weight excluding hydrogens is 248 g/mol. The summed E-state index contributed by atoms with van der Waals surface area (Å²) in [5.74, 6) is -0.774. The van der Waals surface area contributed by atoms with Crippen LogP contribution in [0, 0.1) is 11.8 Å². The van der Waals surface area contributed by atoms with Crippen LogP contribution in [0.4, 0.5) is 4.79 Å². The van der Waals surface area contributed by atoms with E-state index in [1.54, 1.807) is 4.90 Å². The Hall–Kier alpha value is -1.30. The molecule has 0 saturated carbocycles. The molecule has 1 rings (SSSR count). The fourth-order valence-corrected chi connectivity index (χ4v) is 2.02. The van der Waals surface area contributed by atoms with E-state index in [0.717, 1.165) is 6.42 Å². The van der Waals surface area contributed by atoms with Gasteiger partial charge in [-0.25, -0.2) is 4.79 Å². The summed E-state index contributed by atoms with van der Waals surface area (Å²) in [5.41, 5.74) is 0. The number of ether oxygens (including phenoxy) is 1. The van der Waals surface area contributed by atoms with E-state index < -0.39 is 11.9 Å². The minimum atomic E-state index is -0.822. The number of carboxylic acids is 1. The lowest BCUT2D eigenvalue weighted by Gasteiger charge is -2.30. The monoisotopic (exact) mass is 272 g/mol. The van der Waals surface area contributed by atoms with Gasteiger partial charge in [-0.3, -0.25) is 4.79 Å². The van der Waals surface area contributed by atoms with Crippen LogP contribution in [0.5, 0.6) is 0 Å². The summed E-state index contributed by atoms with van der Waals surface area (Å²) in [6.07, 6.45) is 1.39. The summed E-state index contributed by atoms with van der Waals surface area (Å²) in [6.45, 7) is 6.69. The van der Waals surface area contributed by atoms with Crippen LogP contribution in [-0.4, -0.2) is 54.9 Å². The van der Waals surface area contributed by atoms with E-state index in [1.807, 2.05) is 0 Å². The van der Waals surface area contributed by atoms with Gasteiger partial charge in [0.1, 0.15) is 0 Å². The second-order valence-electron chi connectivity index (χ2n) is 5.32. The number of rotatable bonds is 6. The van der Waals surface area contributed by atoms with E-state index in [0.29, 0.717) is 45.2 Å². The van der Waals surface area contributed by atoms with E-state index in [2.05, 4.69) is 19.2 Å². The Kier molecular flexibility index (Phi) is 6.62. The maximum atomic E-state index is 11.8. The summed E-state index contributed by atoms with van der Waals surface area (Å²) < 4.78 is 5.36. The molecular formula is C13H24N2O4. The molecule has 0 radical (unpaired) electrons. The molecule has 0 aromatic carbocycles. The number of likely N-dealkylation sites (tertiary alicyclic amines) is 1. The lowest BCUT2D eigenvalue weighted by molar-refractivity contribution is -0.143. The van der Waals surface area contributed by atoms with Crippen molar-refractivity contribution in [2.75, 3.05) is 32.8 Å². The fourth-order valence-electron chi connectivity index (χ4n) is 2.02. The maximum absolute atomic E-state index is 11.8. The number of nitrogens with one attached hydrogen (secondary N) is 1. The molecule has 0 bridgehead atoms. The first kappa shape index (κ1) is 15.8. The molecule has 0 aromatic rings. The van der Waals surface area contributed by atoms with Crippen molar-refractivity contribution in [1.29, 1.82) is 0 Å². The molecule has 1 saturated heterocycles. The minimum Gasteiger partial charge on any atom is -0.481 e. The Bertz CT molecular complexity index is 307. The summed E-state index contributed by atoms with van der Waals surface area (Å²) >= 11 is 0. The second-order valence-corrected chi connectivity index (χ2v) is 5.32. The molecule has 1 heterocycles. The van der Waals surface area contributed by atoms with E-state index in [4.69, 9.17) is 9.84 Å². The Morgan fingerprint density at radius 3 is 2.84 bits per heavy atom. The van der Waals surface area contributed by atoms with Crippen molar-refractivity contribution in [1.82, 2.24) is 10.2 Å². The smallest absolute Gasteiger partial charge is 0.317 e. The van der Waals surface area contributed by atoms with Crippen LogP contribution in [0.2, 0.25) is 0 Å². The van der Waals surface area contributed by atoms with Crippen LogP contribution in [0.15, 0.2) is 0 Å². The molecule has 1 atom stereocenters. The number of urea groups is 1. The zero-order valence-electron chi connectivity index (χ0n) is 11.7. The van der Waals surface area contributed by atoms with Gasteiger partial charge in [-0.2, -0.15) is 0 Å². The number of hydrogen-bond donors (Lipinski definition) is 2. The summed E-state index contributed by atoms with van der Waals surface area (Å²) in [7, 11) is 0. The second kappa shape index (κ2) is 7.99. The largest absolute Gasteiger partial charge is 0.481 e. The van der Waals surface area contributed by atoms with Gasteiger partial charge < -0.3 is 20.1 Å². The fraction of sp³-hybridized carbons (Fsp3) is 0.846. The summed E-state index contributed by atoms with van der Waals surface area (Å²) in [4.78, 5) is 24.3. The highest BCUT2D eigenvalue weighted by Crippen LogP contribution is 2.16. The molecule has 6 nitrogen and oxygen atoms in total. The molecule has 1 aliphatic rings. The van der Waals surface area contributed by atoms with Crippen LogP contribution in [0.1, 0.15) is 26.7 Å². The number of carbonyl (C=O) groups is 2. The number of hydrogen-bond acceptors (Lipinski definition) is 3. The van der Waals surface area contributed by atoms with Crippen molar-refractivity contribution >= 4 is 12.0 Å². The van der Waals surface area contributed by atoms with Crippen LogP contribution in [-0.2, 0) is 9.53 Å². The topological polar surface area (TPSA) is 78.9 Å². The molecule has 110 valence electrons. The van der Waals surface area contributed by atoms with Gasteiger partial charge in [0.15, 0.2) is 0 Å². The third-order valence-corrected chi connectivity index (χ3v) is 3.03. The van der Waals surface area contributed by atoms with E-state index in [9.17, 15) is 9.59 Å². The first-order valence-electron chi connectivity index (χ1n) is 6.84. The van der Waals surface area contributed by atoms with Gasteiger partial charge in [0.05, 0.1) is 12.5 Å². The first-order valence-corrected chi connectivity index (χ1v) is 6.84. The number of carbonyl (C=O) groups excluding carboxylic acids is 1. The molecule has 1 aliphatic heterocycles. The van der Waals surface area contributed by atoms with E-state index >= 15 is 0 Å². The zero-order valence-corrected chi connectivity index (χ0v) is 11.7. The van der Waals surface area contributed by atoms with Gasteiger partial charge >= 0.3 is 12.0 Å². The average molecular weight is 272 g/mol. The third-order valence-electron chi connectivity index (χ3n) is 3.03. The van der Waals surface area contributed by atoms with Crippen LogP contribution < -0.4 is 5.32 Å². The van der Waals surface area contributed by atoms with Gasteiger partial charge in [0.25, 0.3) is 0 Å². The van der Waals surface area contributed by atoms with Crippen LogP contribution >= 0.6 is 0 Å². The quantitative estimate of drug-likeness (QED) is 0.711. The zero-order chi connectivity index (χ0) is 14.3. The van der Waals surface area contributed by atoms with Crippen molar-refractivity contribution in [3.8, 4) is 0 Å². The lowest BCUT2D eigenvalue weighted by Crippen LogP contribution is -2.47. The van der Waals surface area contributed by atoms with Crippen LogP contribution in [0.25, 0.3) is 0 Å². The van der Waals surface area contributed by atoms with Crippen LogP contribution in [0.3, 0.4) is 0 Å². The Morgan fingerprint density at radius 1 is 1.47 bits per heavy atom. The van der Waals surface area contributed by atoms with Gasteiger partial charge in [-0.15, -0.1) is 0 Å². The van der Waals surface area contributed by atoms with E-state index in [-0.39, 0.29) is 6.03 Å². The Morgan fingerprint density at radius 2 is 2.21 bits per heavy atom. The van der Waals surface area contributed by atoms with Crippen molar-refractivity contribution in [2.45, 2.75) is 26.7 Å². The highest BCUT2D eigenvalue weighted by Gasteiger charge is 2.27. The predicted molar refractivity (Wildman–Crippen MR) is 71.0 cm³/mol. The maximum Gasteiger partial charge on any atom is 0.317 e. The molecule has 2 amide bonds. The minimum absolute atomic E-state index is 0.195. The van der Waals surface area contributed by atoms with Crippen molar-refractivity contribution in [3.63, 3.8) is 0 Å². The molecule has 6 heteroatoms. The number of piperidine rings is 1. The number of nitrogens with zero attached hydrogens (tertiary/aromatic N) is 1. The lowest BCUT2D eigenvalue weighted by atomic mass is 9.99. The molecule has 1 fully saturated rings. The van der Waals surface area contributed by atoms with Gasteiger partial charge in [0, 0.05) is 26.2 Å². The molecule has 0 spiro atoms. The van der Waals surface area contributed by atoms with Crippen molar-refractivity contribution in [2.24, 2.45) is 11.8 Å². The summed E-state index contributed by atoms with van der Waals surface area (Å²) in [5, 5.41) is 11.7. The summed E-state index contributed by atoms with van der Waals surface area (Å²) in [6, 6.07) is -0.195. The third kappa shape index (κ3) is 5.92. The molecule has 19 heavy (non-hydrogen) atoms.